The summed E-state index contributed by atoms with van der Waals surface area (Å²) in [7, 11) is 0. The second-order valence-corrected chi connectivity index (χ2v) is 4.86. The van der Waals surface area contributed by atoms with Gasteiger partial charge in [-0.15, -0.1) is 0 Å². The molecule has 2 N–H and O–H groups in total. The van der Waals surface area contributed by atoms with Crippen molar-refractivity contribution in [3.8, 4) is 0 Å². The van der Waals surface area contributed by atoms with Gasteiger partial charge in [-0.25, -0.2) is 0 Å². The van der Waals surface area contributed by atoms with Crippen LogP contribution < -0.4 is 5.73 Å². The molecule has 1 saturated carbocycles. The summed E-state index contributed by atoms with van der Waals surface area (Å²) in [5, 5.41) is 0. The summed E-state index contributed by atoms with van der Waals surface area (Å²) in [6, 6.07) is 0.417. The van der Waals surface area contributed by atoms with Crippen molar-refractivity contribution in [3.63, 3.8) is 0 Å². The van der Waals surface area contributed by atoms with Gasteiger partial charge in [-0.3, -0.25) is 0 Å². The molecule has 17 heavy (non-hydrogen) atoms. The van der Waals surface area contributed by atoms with E-state index in [0.717, 1.165) is 12.3 Å². The molecule has 0 amide bonds. The van der Waals surface area contributed by atoms with Crippen LogP contribution in [0.1, 0.15) is 39.0 Å². The standard InChI is InChI=1S/C16H25N/c1-3-5-8-14(9-6-4-2)12-15-10-7-11-16(17)13-15/h3-6,8-9,15-16H,1,7,10-13,17H2,2H3/b6-4-,8-5-,14-9+. The van der Waals surface area contributed by atoms with Crippen LogP contribution in [0.4, 0.5) is 0 Å². The van der Waals surface area contributed by atoms with Crippen molar-refractivity contribution >= 4 is 0 Å². The molecule has 0 aliphatic heterocycles. The first-order valence-corrected chi connectivity index (χ1v) is 6.62. The minimum absolute atomic E-state index is 0.417. The zero-order valence-corrected chi connectivity index (χ0v) is 10.9. The van der Waals surface area contributed by atoms with Gasteiger partial charge < -0.3 is 5.73 Å². The Morgan fingerprint density at radius 2 is 2.18 bits per heavy atom. The summed E-state index contributed by atoms with van der Waals surface area (Å²) >= 11 is 0. The van der Waals surface area contributed by atoms with Crippen molar-refractivity contribution in [1.29, 1.82) is 0 Å². The summed E-state index contributed by atoms with van der Waals surface area (Å²) in [5.74, 6) is 0.754. The molecule has 2 atom stereocenters. The fourth-order valence-corrected chi connectivity index (χ4v) is 2.45. The largest absolute Gasteiger partial charge is 0.328 e. The molecular formula is C16H25N. The topological polar surface area (TPSA) is 26.0 Å². The minimum Gasteiger partial charge on any atom is -0.328 e. The lowest BCUT2D eigenvalue weighted by Gasteiger charge is -2.26. The maximum Gasteiger partial charge on any atom is 0.00415 e. The van der Waals surface area contributed by atoms with Crippen molar-refractivity contribution in [2.75, 3.05) is 0 Å². The van der Waals surface area contributed by atoms with E-state index >= 15 is 0 Å². The van der Waals surface area contributed by atoms with Crippen LogP contribution in [0.2, 0.25) is 0 Å². The first-order chi connectivity index (χ1) is 8.26. The minimum atomic E-state index is 0.417. The highest BCUT2D eigenvalue weighted by atomic mass is 14.6. The lowest BCUT2D eigenvalue weighted by molar-refractivity contribution is 0.322. The van der Waals surface area contributed by atoms with Gasteiger partial charge in [-0.2, -0.15) is 0 Å². The van der Waals surface area contributed by atoms with E-state index in [2.05, 4.69) is 30.9 Å². The van der Waals surface area contributed by atoms with Crippen molar-refractivity contribution in [2.24, 2.45) is 11.7 Å². The van der Waals surface area contributed by atoms with Crippen molar-refractivity contribution < 1.29 is 0 Å². The average molecular weight is 231 g/mol. The Morgan fingerprint density at radius 1 is 1.35 bits per heavy atom. The molecule has 1 heteroatoms. The van der Waals surface area contributed by atoms with Gasteiger partial charge >= 0.3 is 0 Å². The molecule has 1 nitrogen and oxygen atoms in total. The zero-order chi connectivity index (χ0) is 12.5. The van der Waals surface area contributed by atoms with Crippen LogP contribution in [0.25, 0.3) is 0 Å². The molecule has 0 bridgehead atoms. The monoisotopic (exact) mass is 231 g/mol. The summed E-state index contributed by atoms with van der Waals surface area (Å²) in [4.78, 5) is 0. The van der Waals surface area contributed by atoms with E-state index in [4.69, 9.17) is 5.73 Å². The summed E-state index contributed by atoms with van der Waals surface area (Å²) in [5.41, 5.74) is 7.41. The maximum atomic E-state index is 6.03. The first kappa shape index (κ1) is 14.0. The van der Waals surface area contributed by atoms with E-state index < -0.39 is 0 Å². The zero-order valence-electron chi connectivity index (χ0n) is 10.9. The first-order valence-electron chi connectivity index (χ1n) is 6.62. The van der Waals surface area contributed by atoms with Crippen molar-refractivity contribution in [1.82, 2.24) is 0 Å². The molecule has 1 aliphatic carbocycles. The number of allylic oxidation sites excluding steroid dienone is 7. The molecule has 0 spiro atoms. The predicted molar refractivity (Wildman–Crippen MR) is 76.8 cm³/mol. The third-order valence-electron chi connectivity index (χ3n) is 3.30. The lowest BCUT2D eigenvalue weighted by Crippen LogP contribution is -2.27. The van der Waals surface area contributed by atoms with Gasteiger partial charge in [0, 0.05) is 6.04 Å². The number of hydrogen-bond acceptors (Lipinski definition) is 1. The summed E-state index contributed by atoms with van der Waals surface area (Å²) in [6.45, 7) is 5.76. The highest BCUT2D eigenvalue weighted by Gasteiger charge is 2.19. The predicted octanol–water partition coefficient (Wildman–Crippen LogP) is 4.14. The molecule has 1 rings (SSSR count). The van der Waals surface area contributed by atoms with Crippen LogP contribution >= 0.6 is 0 Å². The normalized spacial score (nSPS) is 26.8. The third kappa shape index (κ3) is 5.69. The van der Waals surface area contributed by atoms with E-state index in [-0.39, 0.29) is 0 Å². The Bertz CT molecular complexity index is 309. The fraction of sp³-hybridized carbons (Fsp3) is 0.500. The number of hydrogen-bond donors (Lipinski definition) is 1. The Labute approximate surface area is 106 Å². The molecule has 0 aromatic carbocycles. The fourth-order valence-electron chi connectivity index (χ4n) is 2.45. The Balaban J connectivity index is 2.58. The quantitative estimate of drug-likeness (QED) is 0.707. The number of rotatable bonds is 5. The third-order valence-corrected chi connectivity index (χ3v) is 3.30. The van der Waals surface area contributed by atoms with Crippen molar-refractivity contribution in [2.45, 2.75) is 45.1 Å². The molecule has 0 aromatic rings. The highest BCUT2D eigenvalue weighted by molar-refractivity contribution is 5.26. The molecule has 94 valence electrons. The van der Waals surface area contributed by atoms with Gasteiger partial charge in [0.25, 0.3) is 0 Å². The van der Waals surface area contributed by atoms with Crippen LogP contribution in [0.5, 0.6) is 0 Å². The van der Waals surface area contributed by atoms with Gasteiger partial charge in [0.2, 0.25) is 0 Å². The lowest BCUT2D eigenvalue weighted by atomic mass is 9.82. The highest BCUT2D eigenvalue weighted by Crippen LogP contribution is 2.28. The Morgan fingerprint density at radius 3 is 2.82 bits per heavy atom. The molecular weight excluding hydrogens is 206 g/mol. The van der Waals surface area contributed by atoms with Gasteiger partial charge in [0.15, 0.2) is 0 Å². The molecule has 2 unspecified atom stereocenters. The van der Waals surface area contributed by atoms with E-state index in [9.17, 15) is 0 Å². The second-order valence-electron chi connectivity index (χ2n) is 4.86. The van der Waals surface area contributed by atoms with Gasteiger partial charge in [0.1, 0.15) is 0 Å². The van der Waals surface area contributed by atoms with Crippen LogP contribution in [0, 0.1) is 5.92 Å². The smallest absolute Gasteiger partial charge is 0.00415 e. The maximum absolute atomic E-state index is 6.03. The molecule has 0 heterocycles. The van der Waals surface area contributed by atoms with E-state index in [1.807, 2.05) is 19.1 Å². The van der Waals surface area contributed by atoms with Crippen LogP contribution in [-0.2, 0) is 0 Å². The van der Waals surface area contributed by atoms with E-state index in [1.54, 1.807) is 0 Å². The van der Waals surface area contributed by atoms with E-state index in [0.29, 0.717) is 6.04 Å². The Kier molecular flexibility index (Phi) is 6.64. The van der Waals surface area contributed by atoms with E-state index in [1.165, 1.54) is 31.3 Å². The SMILES string of the molecule is C=C\C=C/C(=C\C=C/C)CC1CCCC(N)C1. The van der Waals surface area contributed by atoms with Crippen LogP contribution in [-0.4, -0.2) is 6.04 Å². The molecule has 1 aliphatic rings. The average Bonchev–Trinajstić information content (AvgIpc) is 2.32. The Hall–Kier alpha value is -1.08. The van der Waals surface area contributed by atoms with Gasteiger partial charge in [-0.1, -0.05) is 55.9 Å². The van der Waals surface area contributed by atoms with Crippen LogP contribution in [0.15, 0.2) is 48.6 Å². The summed E-state index contributed by atoms with van der Waals surface area (Å²) in [6.07, 6.45) is 18.5. The molecule has 0 aromatic heterocycles. The molecule has 0 saturated heterocycles. The number of nitrogens with two attached hydrogens (primary N) is 1. The van der Waals surface area contributed by atoms with Gasteiger partial charge in [-0.05, 0) is 37.7 Å². The van der Waals surface area contributed by atoms with Crippen molar-refractivity contribution in [3.05, 3.63) is 48.6 Å². The second kappa shape index (κ2) is 8.08. The molecule has 0 radical (unpaired) electrons. The molecule has 1 fully saturated rings. The van der Waals surface area contributed by atoms with Crippen LogP contribution in [0.3, 0.4) is 0 Å². The van der Waals surface area contributed by atoms with Gasteiger partial charge in [0.05, 0.1) is 0 Å². The summed E-state index contributed by atoms with van der Waals surface area (Å²) < 4.78 is 0.